The molecule has 132 valence electrons. The number of guanidine groups is 1. The lowest BCUT2D eigenvalue weighted by Gasteiger charge is -2.29. The molecule has 6 heteroatoms. The van der Waals surface area contributed by atoms with Crippen LogP contribution < -0.4 is 15.4 Å². The van der Waals surface area contributed by atoms with Crippen molar-refractivity contribution in [2.75, 3.05) is 41.3 Å². The summed E-state index contributed by atoms with van der Waals surface area (Å²) in [5.74, 6) is 1.68. The Bertz CT molecular complexity index is 489. The van der Waals surface area contributed by atoms with E-state index in [0.29, 0.717) is 6.54 Å². The Morgan fingerprint density at radius 2 is 1.96 bits per heavy atom. The van der Waals surface area contributed by atoms with Crippen molar-refractivity contribution in [1.29, 1.82) is 0 Å². The van der Waals surface area contributed by atoms with Gasteiger partial charge in [0.1, 0.15) is 5.75 Å². The van der Waals surface area contributed by atoms with Gasteiger partial charge in [-0.15, -0.1) is 24.0 Å². The predicted molar refractivity (Wildman–Crippen MR) is 109 cm³/mol. The third-order valence-corrected chi connectivity index (χ3v) is 3.30. The highest BCUT2D eigenvalue weighted by atomic mass is 127. The van der Waals surface area contributed by atoms with Crippen LogP contribution in [0.15, 0.2) is 29.3 Å². The van der Waals surface area contributed by atoms with Crippen LogP contribution in [0.4, 0.5) is 0 Å². The molecule has 0 unspecified atom stereocenters. The summed E-state index contributed by atoms with van der Waals surface area (Å²) in [6, 6.07) is 8.03. The number of benzene rings is 1. The van der Waals surface area contributed by atoms with Crippen molar-refractivity contribution >= 4 is 29.9 Å². The minimum atomic E-state index is 0. The molecule has 1 aromatic carbocycles. The Hall–Kier alpha value is -1.02. The number of hydrogen-bond donors (Lipinski definition) is 2. The van der Waals surface area contributed by atoms with E-state index in [4.69, 9.17) is 4.74 Å². The van der Waals surface area contributed by atoms with Gasteiger partial charge < -0.3 is 20.3 Å². The number of methoxy groups -OCH3 is 1. The highest BCUT2D eigenvalue weighted by Gasteiger charge is 2.19. The number of nitrogens with zero attached hydrogens (tertiary/aromatic N) is 2. The van der Waals surface area contributed by atoms with E-state index < -0.39 is 0 Å². The molecular formula is C17H31IN4O. The lowest BCUT2D eigenvalue weighted by Crippen LogP contribution is -2.44. The Kier molecular flexibility index (Phi) is 10.2. The van der Waals surface area contributed by atoms with Crippen molar-refractivity contribution in [3.63, 3.8) is 0 Å². The standard InChI is InChI=1S/C17H30N4O.HI/c1-17(2,13-21(4)5)12-20-16(18-3)19-11-14-8-7-9-15(10-14)22-6;/h7-10H,11-13H2,1-6H3,(H2,18,19,20);1H. The highest BCUT2D eigenvalue weighted by Crippen LogP contribution is 2.14. The maximum absolute atomic E-state index is 5.24. The van der Waals surface area contributed by atoms with E-state index in [1.54, 1.807) is 14.2 Å². The largest absolute Gasteiger partial charge is 0.497 e. The molecule has 23 heavy (non-hydrogen) atoms. The molecule has 0 heterocycles. The first-order valence-corrected chi connectivity index (χ1v) is 7.58. The second kappa shape index (κ2) is 10.7. The summed E-state index contributed by atoms with van der Waals surface area (Å²) < 4.78 is 5.24. The first-order chi connectivity index (χ1) is 10.4. The molecule has 0 atom stereocenters. The topological polar surface area (TPSA) is 48.9 Å². The third-order valence-electron chi connectivity index (χ3n) is 3.30. The fourth-order valence-electron chi connectivity index (χ4n) is 2.42. The van der Waals surface area contributed by atoms with Crippen LogP contribution in [0.5, 0.6) is 5.75 Å². The van der Waals surface area contributed by atoms with E-state index >= 15 is 0 Å². The van der Waals surface area contributed by atoms with Crippen molar-refractivity contribution in [2.45, 2.75) is 20.4 Å². The third kappa shape index (κ3) is 9.00. The lowest BCUT2D eigenvalue weighted by molar-refractivity contribution is 0.241. The van der Waals surface area contributed by atoms with E-state index in [1.165, 1.54) is 0 Å². The van der Waals surface area contributed by atoms with E-state index in [0.717, 1.165) is 30.4 Å². The summed E-state index contributed by atoms with van der Waals surface area (Å²) >= 11 is 0. The van der Waals surface area contributed by atoms with Gasteiger partial charge in [-0.3, -0.25) is 4.99 Å². The number of ether oxygens (including phenoxy) is 1. The summed E-state index contributed by atoms with van der Waals surface area (Å²) in [5.41, 5.74) is 1.34. The highest BCUT2D eigenvalue weighted by molar-refractivity contribution is 14.0. The molecule has 5 nitrogen and oxygen atoms in total. The van der Waals surface area contributed by atoms with Crippen molar-refractivity contribution < 1.29 is 4.74 Å². The van der Waals surface area contributed by atoms with E-state index in [-0.39, 0.29) is 29.4 Å². The normalized spacial score (nSPS) is 11.9. The SMILES string of the molecule is CN=C(NCc1cccc(OC)c1)NCC(C)(C)CN(C)C.I. The molecule has 0 bridgehead atoms. The first kappa shape index (κ1) is 22.0. The second-order valence-corrected chi connectivity index (χ2v) is 6.53. The van der Waals surface area contributed by atoms with Crippen molar-refractivity contribution in [1.82, 2.24) is 15.5 Å². The summed E-state index contributed by atoms with van der Waals surface area (Å²) in [6.45, 7) is 7.09. The molecular weight excluding hydrogens is 403 g/mol. The van der Waals surface area contributed by atoms with E-state index in [1.807, 2.05) is 18.2 Å². The minimum Gasteiger partial charge on any atom is -0.497 e. The number of nitrogens with one attached hydrogen (secondary N) is 2. The number of halogens is 1. The van der Waals surface area contributed by atoms with E-state index in [9.17, 15) is 0 Å². The molecule has 0 aliphatic heterocycles. The average molecular weight is 434 g/mol. The predicted octanol–water partition coefficient (Wildman–Crippen LogP) is 2.57. The number of aliphatic imine (C=N–C) groups is 1. The Morgan fingerprint density at radius 3 is 2.52 bits per heavy atom. The molecule has 0 fully saturated rings. The van der Waals surface area contributed by atoms with Crippen LogP contribution in [-0.4, -0.2) is 52.2 Å². The van der Waals surface area contributed by atoms with Crippen molar-refractivity contribution in [3.05, 3.63) is 29.8 Å². The molecule has 1 rings (SSSR count). The van der Waals surface area contributed by atoms with Crippen molar-refractivity contribution in [2.24, 2.45) is 10.4 Å². The molecule has 0 saturated carbocycles. The summed E-state index contributed by atoms with van der Waals surface area (Å²) in [6.07, 6.45) is 0. The Morgan fingerprint density at radius 1 is 1.26 bits per heavy atom. The fourth-order valence-corrected chi connectivity index (χ4v) is 2.42. The molecule has 0 amide bonds. The molecule has 0 aliphatic rings. The van der Waals surface area contributed by atoms with Crippen LogP contribution in [0.2, 0.25) is 0 Å². The van der Waals surface area contributed by atoms with Crippen LogP contribution in [0.1, 0.15) is 19.4 Å². The van der Waals surface area contributed by atoms with Gasteiger partial charge in [-0.25, -0.2) is 0 Å². The zero-order chi connectivity index (χ0) is 16.6. The molecule has 1 aromatic rings. The maximum Gasteiger partial charge on any atom is 0.191 e. The van der Waals surface area contributed by atoms with Gasteiger partial charge >= 0.3 is 0 Å². The minimum absolute atomic E-state index is 0. The number of hydrogen-bond acceptors (Lipinski definition) is 3. The quantitative estimate of drug-likeness (QED) is 0.394. The van der Waals surface area contributed by atoms with Crippen LogP contribution in [-0.2, 0) is 6.54 Å². The van der Waals surface area contributed by atoms with Crippen molar-refractivity contribution in [3.8, 4) is 5.75 Å². The summed E-state index contributed by atoms with van der Waals surface area (Å²) in [4.78, 5) is 6.48. The van der Waals surface area contributed by atoms with Crippen LogP contribution >= 0.6 is 24.0 Å². The molecule has 0 spiro atoms. The molecule has 0 aliphatic carbocycles. The first-order valence-electron chi connectivity index (χ1n) is 7.58. The molecule has 0 saturated heterocycles. The molecule has 0 radical (unpaired) electrons. The average Bonchev–Trinajstić information content (AvgIpc) is 2.46. The zero-order valence-electron chi connectivity index (χ0n) is 15.1. The molecule has 2 N–H and O–H groups in total. The van der Waals surface area contributed by atoms with Gasteiger partial charge in [0, 0.05) is 26.7 Å². The zero-order valence-corrected chi connectivity index (χ0v) is 17.5. The Balaban J connectivity index is 0.00000484. The smallest absolute Gasteiger partial charge is 0.191 e. The van der Waals surface area contributed by atoms with Gasteiger partial charge in [-0.1, -0.05) is 26.0 Å². The van der Waals surface area contributed by atoms with Gasteiger partial charge in [0.15, 0.2) is 5.96 Å². The van der Waals surface area contributed by atoms with Crippen LogP contribution in [0, 0.1) is 5.41 Å². The number of rotatable bonds is 7. The maximum atomic E-state index is 5.24. The monoisotopic (exact) mass is 434 g/mol. The summed E-state index contributed by atoms with van der Waals surface area (Å²) in [7, 11) is 7.66. The van der Waals surface area contributed by atoms with Gasteiger partial charge in [0.25, 0.3) is 0 Å². The van der Waals surface area contributed by atoms with Gasteiger partial charge in [0.2, 0.25) is 0 Å². The van der Waals surface area contributed by atoms with Gasteiger partial charge in [0.05, 0.1) is 7.11 Å². The Labute approximate surface area is 157 Å². The fraction of sp³-hybridized carbons (Fsp3) is 0.588. The lowest BCUT2D eigenvalue weighted by atomic mass is 9.93. The van der Waals surface area contributed by atoms with Gasteiger partial charge in [-0.05, 0) is 37.2 Å². The van der Waals surface area contributed by atoms with E-state index in [2.05, 4.69) is 54.5 Å². The second-order valence-electron chi connectivity index (χ2n) is 6.53. The van der Waals surface area contributed by atoms with Gasteiger partial charge in [-0.2, -0.15) is 0 Å². The van der Waals surface area contributed by atoms with Crippen LogP contribution in [0.3, 0.4) is 0 Å². The molecule has 0 aromatic heterocycles. The summed E-state index contributed by atoms with van der Waals surface area (Å²) in [5, 5.41) is 6.73. The van der Waals surface area contributed by atoms with Crippen LogP contribution in [0.25, 0.3) is 0 Å².